The average Bonchev–Trinajstić information content (AvgIpc) is 2.50. The molecule has 0 fully saturated rings. The summed E-state index contributed by atoms with van der Waals surface area (Å²) in [5, 5.41) is 3.38. The first kappa shape index (κ1) is 11.7. The molecule has 1 heterocycles. The Morgan fingerprint density at radius 1 is 1.59 bits per heavy atom. The molecule has 1 atom stereocenters. The summed E-state index contributed by atoms with van der Waals surface area (Å²) in [6.07, 6.45) is 5.37. The molecule has 1 aliphatic rings. The fourth-order valence-electron chi connectivity index (χ4n) is 2.06. The maximum absolute atomic E-state index is 12.0. The van der Waals surface area contributed by atoms with Crippen molar-refractivity contribution < 1.29 is 4.79 Å². The standard InChI is InChI=1S/C14H16N2O/c1-3-6-14(17)16-10-11(2)15-9-12-7-4-5-8-13(12)16/h1,4-5,7-8,11,15H,6,9-10H2,2H3. The molecule has 1 aliphatic heterocycles. The van der Waals surface area contributed by atoms with Gasteiger partial charge in [0.1, 0.15) is 0 Å². The molecule has 3 heteroatoms. The third kappa shape index (κ3) is 2.48. The van der Waals surface area contributed by atoms with Crippen molar-refractivity contribution in [3.63, 3.8) is 0 Å². The number of rotatable bonds is 1. The smallest absolute Gasteiger partial charge is 0.239 e. The number of terminal acetylenes is 1. The molecule has 0 bridgehead atoms. The molecule has 1 aromatic carbocycles. The Morgan fingerprint density at radius 2 is 2.35 bits per heavy atom. The van der Waals surface area contributed by atoms with Crippen LogP contribution in [0.4, 0.5) is 5.69 Å². The average molecular weight is 228 g/mol. The van der Waals surface area contributed by atoms with Crippen LogP contribution in [-0.2, 0) is 11.3 Å². The zero-order valence-corrected chi connectivity index (χ0v) is 9.94. The van der Waals surface area contributed by atoms with Crippen molar-refractivity contribution in [1.29, 1.82) is 0 Å². The Kier molecular flexibility index (Phi) is 3.46. The monoisotopic (exact) mass is 228 g/mol. The van der Waals surface area contributed by atoms with Crippen molar-refractivity contribution in [1.82, 2.24) is 5.32 Å². The van der Waals surface area contributed by atoms with E-state index in [0.717, 1.165) is 17.8 Å². The molecule has 0 aliphatic carbocycles. The van der Waals surface area contributed by atoms with Crippen LogP contribution in [0.25, 0.3) is 0 Å². The largest absolute Gasteiger partial charge is 0.310 e. The van der Waals surface area contributed by atoms with E-state index in [1.54, 1.807) is 4.90 Å². The number of anilines is 1. The molecule has 0 aromatic heterocycles. The van der Waals surface area contributed by atoms with Gasteiger partial charge in [-0.1, -0.05) is 24.1 Å². The second kappa shape index (κ2) is 5.03. The van der Waals surface area contributed by atoms with Gasteiger partial charge in [0.05, 0.1) is 6.42 Å². The molecule has 1 aromatic rings. The third-order valence-corrected chi connectivity index (χ3v) is 2.93. The van der Waals surface area contributed by atoms with Crippen LogP contribution in [0.15, 0.2) is 24.3 Å². The molecule has 1 unspecified atom stereocenters. The Morgan fingerprint density at radius 3 is 3.12 bits per heavy atom. The van der Waals surface area contributed by atoms with E-state index < -0.39 is 0 Å². The number of carbonyl (C=O) groups excluding carboxylic acids is 1. The van der Waals surface area contributed by atoms with Crippen LogP contribution in [0.3, 0.4) is 0 Å². The Balaban J connectivity index is 2.36. The second-order valence-corrected chi connectivity index (χ2v) is 4.30. The van der Waals surface area contributed by atoms with Gasteiger partial charge in [-0.15, -0.1) is 6.42 Å². The first-order chi connectivity index (χ1) is 8.22. The fourth-order valence-corrected chi connectivity index (χ4v) is 2.06. The van der Waals surface area contributed by atoms with Gasteiger partial charge < -0.3 is 10.2 Å². The summed E-state index contributed by atoms with van der Waals surface area (Å²) >= 11 is 0. The van der Waals surface area contributed by atoms with Gasteiger partial charge >= 0.3 is 0 Å². The molecular weight excluding hydrogens is 212 g/mol. The van der Waals surface area contributed by atoms with E-state index in [-0.39, 0.29) is 18.4 Å². The van der Waals surface area contributed by atoms with Crippen LogP contribution >= 0.6 is 0 Å². The topological polar surface area (TPSA) is 32.3 Å². The maximum atomic E-state index is 12.0. The number of carbonyl (C=O) groups is 1. The number of benzene rings is 1. The zero-order chi connectivity index (χ0) is 12.3. The molecule has 3 nitrogen and oxygen atoms in total. The van der Waals surface area contributed by atoms with E-state index >= 15 is 0 Å². The summed E-state index contributed by atoms with van der Waals surface area (Å²) in [7, 11) is 0. The van der Waals surface area contributed by atoms with Crippen molar-refractivity contribution in [2.24, 2.45) is 0 Å². The zero-order valence-electron chi connectivity index (χ0n) is 9.94. The molecule has 0 radical (unpaired) electrons. The number of para-hydroxylation sites is 1. The Bertz CT molecular complexity index is 462. The predicted molar refractivity (Wildman–Crippen MR) is 68.5 cm³/mol. The maximum Gasteiger partial charge on any atom is 0.239 e. The number of nitrogens with one attached hydrogen (secondary N) is 1. The first-order valence-corrected chi connectivity index (χ1v) is 5.77. The molecule has 17 heavy (non-hydrogen) atoms. The lowest BCUT2D eigenvalue weighted by Gasteiger charge is -2.23. The summed E-state index contributed by atoms with van der Waals surface area (Å²) in [5.41, 5.74) is 2.12. The SMILES string of the molecule is C#CCC(=O)N1CC(C)NCc2ccccc21. The van der Waals surface area contributed by atoms with Gasteiger partial charge in [-0.25, -0.2) is 0 Å². The summed E-state index contributed by atoms with van der Waals surface area (Å²) in [6.45, 7) is 3.52. The van der Waals surface area contributed by atoms with E-state index in [9.17, 15) is 4.79 Å². The summed E-state index contributed by atoms with van der Waals surface area (Å²) in [5.74, 6) is 2.42. The quantitative estimate of drug-likeness (QED) is 0.739. The highest BCUT2D eigenvalue weighted by atomic mass is 16.2. The first-order valence-electron chi connectivity index (χ1n) is 5.77. The van der Waals surface area contributed by atoms with Gasteiger partial charge in [-0.2, -0.15) is 0 Å². The summed E-state index contributed by atoms with van der Waals surface area (Å²) in [4.78, 5) is 13.8. The molecule has 88 valence electrons. The molecule has 2 rings (SSSR count). The van der Waals surface area contributed by atoms with Crippen LogP contribution in [-0.4, -0.2) is 18.5 Å². The number of nitrogens with zero attached hydrogens (tertiary/aromatic N) is 1. The number of fused-ring (bicyclic) bond motifs is 1. The minimum atomic E-state index is -0.00417. The number of amides is 1. The minimum Gasteiger partial charge on any atom is -0.310 e. The van der Waals surface area contributed by atoms with Crippen molar-refractivity contribution in [2.45, 2.75) is 25.9 Å². The van der Waals surface area contributed by atoms with Gasteiger partial charge in [0.15, 0.2) is 0 Å². The molecule has 1 N–H and O–H groups in total. The molecule has 0 spiro atoms. The summed E-state index contributed by atoms with van der Waals surface area (Å²) in [6, 6.07) is 8.22. The predicted octanol–water partition coefficient (Wildman–Crippen LogP) is 1.53. The second-order valence-electron chi connectivity index (χ2n) is 4.30. The van der Waals surface area contributed by atoms with E-state index in [1.165, 1.54) is 0 Å². The van der Waals surface area contributed by atoms with Crippen molar-refractivity contribution in [2.75, 3.05) is 11.4 Å². The third-order valence-electron chi connectivity index (χ3n) is 2.93. The molecule has 1 amide bonds. The molecule has 0 saturated heterocycles. The van der Waals surface area contributed by atoms with Crippen LogP contribution < -0.4 is 10.2 Å². The van der Waals surface area contributed by atoms with E-state index in [4.69, 9.17) is 6.42 Å². The van der Waals surface area contributed by atoms with Gasteiger partial charge in [0.25, 0.3) is 0 Å². The summed E-state index contributed by atoms with van der Waals surface area (Å²) < 4.78 is 0. The molecule has 0 saturated carbocycles. The van der Waals surface area contributed by atoms with Crippen LogP contribution in [0, 0.1) is 12.3 Å². The Labute approximate surface area is 102 Å². The van der Waals surface area contributed by atoms with Gasteiger partial charge in [-0.3, -0.25) is 4.79 Å². The highest BCUT2D eigenvalue weighted by Gasteiger charge is 2.22. The molecular formula is C14H16N2O. The lowest BCUT2D eigenvalue weighted by atomic mass is 10.1. The van der Waals surface area contributed by atoms with Crippen LogP contribution in [0.5, 0.6) is 0 Å². The van der Waals surface area contributed by atoms with Crippen LogP contribution in [0.2, 0.25) is 0 Å². The number of hydrogen-bond acceptors (Lipinski definition) is 2. The lowest BCUT2D eigenvalue weighted by Crippen LogP contribution is -2.39. The van der Waals surface area contributed by atoms with Gasteiger partial charge in [-0.05, 0) is 18.6 Å². The van der Waals surface area contributed by atoms with Crippen LogP contribution in [0.1, 0.15) is 18.9 Å². The normalized spacial score (nSPS) is 19.1. The van der Waals surface area contributed by atoms with Gasteiger partial charge in [0, 0.05) is 24.8 Å². The highest BCUT2D eigenvalue weighted by molar-refractivity contribution is 5.95. The lowest BCUT2D eigenvalue weighted by molar-refractivity contribution is -0.117. The van der Waals surface area contributed by atoms with Crippen molar-refractivity contribution >= 4 is 11.6 Å². The highest BCUT2D eigenvalue weighted by Crippen LogP contribution is 2.23. The van der Waals surface area contributed by atoms with Crippen molar-refractivity contribution in [3.05, 3.63) is 29.8 Å². The van der Waals surface area contributed by atoms with E-state index in [2.05, 4.69) is 18.2 Å². The fraction of sp³-hybridized carbons (Fsp3) is 0.357. The number of hydrogen-bond donors (Lipinski definition) is 1. The minimum absolute atomic E-state index is 0.00417. The Hall–Kier alpha value is -1.79. The van der Waals surface area contributed by atoms with E-state index in [0.29, 0.717) is 6.54 Å². The van der Waals surface area contributed by atoms with Crippen molar-refractivity contribution in [3.8, 4) is 12.3 Å². The van der Waals surface area contributed by atoms with Gasteiger partial charge in [0.2, 0.25) is 5.91 Å². The van der Waals surface area contributed by atoms with E-state index in [1.807, 2.05) is 24.3 Å².